The fourth-order valence-corrected chi connectivity index (χ4v) is 4.80. The van der Waals surface area contributed by atoms with Crippen LogP contribution in [0.3, 0.4) is 0 Å². The molecule has 8 heteroatoms. The second-order valence-electron chi connectivity index (χ2n) is 8.20. The van der Waals surface area contributed by atoms with Crippen LogP contribution in [-0.2, 0) is 14.8 Å². The summed E-state index contributed by atoms with van der Waals surface area (Å²) in [6.45, 7) is 7.49. The Balaban J connectivity index is 1.68. The van der Waals surface area contributed by atoms with Crippen LogP contribution in [0.25, 0.3) is 0 Å². The maximum absolute atomic E-state index is 12.3. The summed E-state index contributed by atoms with van der Waals surface area (Å²) in [7, 11) is -1.77. The molecule has 2 heterocycles. The van der Waals surface area contributed by atoms with Gasteiger partial charge in [0.2, 0.25) is 0 Å². The Labute approximate surface area is 161 Å². The van der Waals surface area contributed by atoms with Gasteiger partial charge in [-0.1, -0.05) is 12.1 Å². The number of benzene rings is 1. The van der Waals surface area contributed by atoms with E-state index in [1.807, 2.05) is 38.8 Å². The van der Waals surface area contributed by atoms with Crippen LogP contribution in [0, 0.1) is 5.92 Å². The van der Waals surface area contributed by atoms with Crippen molar-refractivity contribution in [2.75, 3.05) is 26.7 Å². The van der Waals surface area contributed by atoms with E-state index in [2.05, 4.69) is 4.40 Å². The molecule has 3 rings (SSSR count). The van der Waals surface area contributed by atoms with Crippen molar-refractivity contribution in [3.63, 3.8) is 0 Å². The molecule has 148 valence electrons. The predicted octanol–water partition coefficient (Wildman–Crippen LogP) is 2.71. The van der Waals surface area contributed by atoms with Gasteiger partial charge in [0.25, 0.3) is 10.0 Å². The van der Waals surface area contributed by atoms with Crippen LogP contribution in [0.2, 0.25) is 0 Å². The molecule has 0 N–H and O–H groups in total. The Hall–Kier alpha value is -2.09. The minimum atomic E-state index is -3.62. The molecule has 0 spiro atoms. The highest BCUT2D eigenvalue weighted by Gasteiger charge is 2.33. The molecule has 0 radical (unpaired) electrons. The highest BCUT2D eigenvalue weighted by Crippen LogP contribution is 2.28. The number of carbonyl (C=O) groups excluding carboxylic acids is 1. The number of rotatable bonds is 2. The van der Waals surface area contributed by atoms with E-state index in [0.717, 1.165) is 12.8 Å². The van der Waals surface area contributed by atoms with Gasteiger partial charge in [-0.15, -0.1) is 4.40 Å². The number of piperidine rings is 1. The first kappa shape index (κ1) is 19.7. The molecule has 2 aliphatic heterocycles. The number of amidine groups is 1. The lowest BCUT2D eigenvalue weighted by Gasteiger charge is -2.36. The Bertz CT molecular complexity index is 858. The third-order valence-electron chi connectivity index (χ3n) is 4.68. The van der Waals surface area contributed by atoms with Gasteiger partial charge < -0.3 is 14.5 Å². The van der Waals surface area contributed by atoms with E-state index in [1.165, 1.54) is 0 Å². The topological polar surface area (TPSA) is 79.3 Å². The number of likely N-dealkylation sites (tertiary alicyclic amines) is 1. The zero-order valence-corrected chi connectivity index (χ0v) is 17.1. The van der Waals surface area contributed by atoms with Crippen LogP contribution < -0.4 is 0 Å². The van der Waals surface area contributed by atoms with Gasteiger partial charge in [-0.05, 0) is 51.7 Å². The predicted molar refractivity (Wildman–Crippen MR) is 103 cm³/mol. The number of fused-ring (bicyclic) bond motifs is 1. The van der Waals surface area contributed by atoms with E-state index in [-0.39, 0.29) is 16.9 Å². The molecule has 0 bridgehead atoms. The van der Waals surface area contributed by atoms with Crippen LogP contribution in [0.5, 0.6) is 0 Å². The SMILES string of the molecule is CN(C[C@@H]1CCCN(C(=O)OC(C)(C)C)C1)C1=NS(=O)(=O)c2ccccc21. The molecule has 0 saturated carbocycles. The summed E-state index contributed by atoms with van der Waals surface area (Å²) in [5, 5.41) is 0. The average Bonchev–Trinajstić information content (AvgIpc) is 2.86. The molecule has 1 aromatic carbocycles. The number of sulfonamides is 1. The third kappa shape index (κ3) is 4.43. The highest BCUT2D eigenvalue weighted by molar-refractivity contribution is 7.90. The standard InChI is InChI=1S/C19H27N3O4S/c1-19(2,3)26-18(23)22-11-7-8-14(13-22)12-21(4)17-15-9-5-6-10-16(15)27(24,25)20-17/h5-6,9-10,14H,7-8,11-13H2,1-4H3/t14-/m0/s1. The summed E-state index contributed by atoms with van der Waals surface area (Å²) in [5.41, 5.74) is 0.122. The van der Waals surface area contributed by atoms with Gasteiger partial charge in [0.15, 0.2) is 5.84 Å². The van der Waals surface area contributed by atoms with Gasteiger partial charge in [-0.25, -0.2) is 4.79 Å². The Kier molecular flexibility index (Phi) is 5.20. The number of amides is 1. The molecule has 0 unspecified atom stereocenters. The molecule has 0 aliphatic carbocycles. The highest BCUT2D eigenvalue weighted by atomic mass is 32.2. The van der Waals surface area contributed by atoms with E-state index < -0.39 is 15.6 Å². The molecular weight excluding hydrogens is 366 g/mol. The Morgan fingerprint density at radius 2 is 2.04 bits per heavy atom. The fraction of sp³-hybridized carbons (Fsp3) is 0.579. The first-order chi connectivity index (χ1) is 12.6. The van der Waals surface area contributed by atoms with E-state index >= 15 is 0 Å². The van der Waals surface area contributed by atoms with Gasteiger partial charge in [-0.2, -0.15) is 8.42 Å². The van der Waals surface area contributed by atoms with Crippen LogP contribution in [0.15, 0.2) is 33.6 Å². The largest absolute Gasteiger partial charge is 0.444 e. The van der Waals surface area contributed by atoms with Crippen LogP contribution in [0.4, 0.5) is 4.79 Å². The van der Waals surface area contributed by atoms with Crippen LogP contribution in [-0.4, -0.2) is 62.4 Å². The second-order valence-corrected chi connectivity index (χ2v) is 9.77. The summed E-state index contributed by atoms with van der Waals surface area (Å²) in [5.74, 6) is 0.703. The quantitative estimate of drug-likeness (QED) is 0.772. The van der Waals surface area contributed by atoms with Gasteiger partial charge >= 0.3 is 6.09 Å². The molecule has 2 aliphatic rings. The van der Waals surface area contributed by atoms with Crippen molar-refractivity contribution in [3.8, 4) is 0 Å². The molecule has 7 nitrogen and oxygen atoms in total. The lowest BCUT2D eigenvalue weighted by Crippen LogP contribution is -2.45. The van der Waals surface area contributed by atoms with Crippen LogP contribution >= 0.6 is 0 Å². The lowest BCUT2D eigenvalue weighted by atomic mass is 9.97. The number of nitrogens with zero attached hydrogens (tertiary/aromatic N) is 3. The number of ether oxygens (including phenoxy) is 1. The number of hydrogen-bond donors (Lipinski definition) is 0. The maximum Gasteiger partial charge on any atom is 0.410 e. The van der Waals surface area contributed by atoms with Gasteiger partial charge in [0.05, 0.1) is 0 Å². The smallest absolute Gasteiger partial charge is 0.410 e. The Morgan fingerprint density at radius 1 is 1.33 bits per heavy atom. The average molecular weight is 394 g/mol. The van der Waals surface area contributed by atoms with Crippen molar-refractivity contribution in [3.05, 3.63) is 29.8 Å². The van der Waals surface area contributed by atoms with Gasteiger partial charge in [0.1, 0.15) is 10.5 Å². The van der Waals surface area contributed by atoms with Gasteiger partial charge in [0, 0.05) is 32.2 Å². The maximum atomic E-state index is 12.3. The minimum Gasteiger partial charge on any atom is -0.444 e. The summed E-state index contributed by atoms with van der Waals surface area (Å²) < 4.78 is 33.9. The minimum absolute atomic E-state index is 0.231. The zero-order valence-electron chi connectivity index (χ0n) is 16.3. The molecule has 27 heavy (non-hydrogen) atoms. The van der Waals surface area contributed by atoms with E-state index in [1.54, 1.807) is 23.1 Å². The molecule has 1 saturated heterocycles. The van der Waals surface area contributed by atoms with Crippen molar-refractivity contribution in [2.24, 2.45) is 10.3 Å². The zero-order chi connectivity index (χ0) is 19.8. The first-order valence-corrected chi connectivity index (χ1v) is 10.6. The van der Waals surface area contributed by atoms with Gasteiger partial charge in [-0.3, -0.25) is 0 Å². The summed E-state index contributed by atoms with van der Waals surface area (Å²) in [6.07, 6.45) is 1.59. The molecular formula is C19H27N3O4S. The monoisotopic (exact) mass is 393 g/mol. The Morgan fingerprint density at radius 3 is 2.74 bits per heavy atom. The number of carbonyl (C=O) groups is 1. The normalized spacial score (nSPS) is 21.4. The van der Waals surface area contributed by atoms with Crippen molar-refractivity contribution in [1.82, 2.24) is 9.80 Å². The molecule has 1 fully saturated rings. The van der Waals surface area contributed by atoms with Crippen molar-refractivity contribution in [1.29, 1.82) is 0 Å². The third-order valence-corrected chi connectivity index (χ3v) is 6.00. The van der Waals surface area contributed by atoms with E-state index in [4.69, 9.17) is 4.74 Å². The van der Waals surface area contributed by atoms with E-state index in [0.29, 0.717) is 31.0 Å². The van der Waals surface area contributed by atoms with E-state index in [9.17, 15) is 13.2 Å². The lowest BCUT2D eigenvalue weighted by molar-refractivity contribution is 0.0158. The summed E-state index contributed by atoms with van der Waals surface area (Å²) >= 11 is 0. The van der Waals surface area contributed by atoms with Crippen molar-refractivity contribution >= 4 is 22.0 Å². The first-order valence-electron chi connectivity index (χ1n) is 9.20. The molecule has 0 aromatic heterocycles. The summed E-state index contributed by atoms with van der Waals surface area (Å²) in [4.78, 5) is 16.2. The number of hydrogen-bond acceptors (Lipinski definition) is 5. The van der Waals surface area contributed by atoms with Crippen LogP contribution in [0.1, 0.15) is 39.2 Å². The molecule has 1 amide bonds. The summed E-state index contributed by atoms with van der Waals surface area (Å²) in [6, 6.07) is 6.88. The molecule has 1 atom stereocenters. The molecule has 1 aromatic rings. The fourth-order valence-electron chi connectivity index (χ4n) is 3.54. The van der Waals surface area contributed by atoms with Crippen molar-refractivity contribution < 1.29 is 17.9 Å². The second kappa shape index (κ2) is 7.14. The van der Waals surface area contributed by atoms with Crippen molar-refractivity contribution in [2.45, 2.75) is 44.1 Å².